The van der Waals surface area contributed by atoms with Gasteiger partial charge in [0, 0.05) is 18.9 Å². The molecule has 0 fully saturated rings. The Labute approximate surface area is 134 Å². The van der Waals surface area contributed by atoms with E-state index in [1.54, 1.807) is 11.3 Å². The summed E-state index contributed by atoms with van der Waals surface area (Å²) in [5.74, 6) is 0. The second-order valence-corrected chi connectivity index (χ2v) is 10.2. The van der Waals surface area contributed by atoms with Crippen LogP contribution >= 0.6 is 58.4 Å². The first kappa shape index (κ1) is 14.0. The molecule has 0 radical (unpaired) electrons. The number of fused-ring (bicyclic) bond motifs is 1. The molecule has 0 N–H and O–H groups in total. The van der Waals surface area contributed by atoms with Crippen molar-refractivity contribution in [2.75, 3.05) is 0 Å². The molecule has 0 spiro atoms. The topological polar surface area (TPSA) is 0 Å². The van der Waals surface area contributed by atoms with Gasteiger partial charge >= 0.3 is 0 Å². The number of thioether (sulfide) groups is 4. The van der Waals surface area contributed by atoms with E-state index >= 15 is 0 Å². The average Bonchev–Trinajstić information content (AvgIpc) is 2.99. The van der Waals surface area contributed by atoms with Crippen LogP contribution in [0, 0.1) is 0 Å². The summed E-state index contributed by atoms with van der Waals surface area (Å²) in [5.41, 5.74) is 0. The van der Waals surface area contributed by atoms with Gasteiger partial charge in [0.2, 0.25) is 0 Å². The van der Waals surface area contributed by atoms with Crippen molar-refractivity contribution in [3.05, 3.63) is 40.0 Å². The number of allylic oxidation sites excluding steroid dienone is 3. The van der Waals surface area contributed by atoms with Gasteiger partial charge < -0.3 is 0 Å². The van der Waals surface area contributed by atoms with Gasteiger partial charge in [-0.2, -0.15) is 0 Å². The normalized spacial score (nSPS) is 19.6. The molecule has 2 aliphatic rings. The zero-order valence-corrected chi connectivity index (χ0v) is 14.7. The van der Waals surface area contributed by atoms with Crippen LogP contribution in [0.2, 0.25) is 0 Å². The lowest BCUT2D eigenvalue weighted by Crippen LogP contribution is -1.92. The third-order valence-corrected chi connectivity index (χ3v) is 9.84. The van der Waals surface area contributed by atoms with Crippen LogP contribution in [0.4, 0.5) is 0 Å². The van der Waals surface area contributed by atoms with E-state index in [0.717, 1.165) is 0 Å². The van der Waals surface area contributed by atoms with Crippen LogP contribution in [-0.2, 0) is 0 Å². The molecule has 0 atom stereocenters. The van der Waals surface area contributed by atoms with Crippen molar-refractivity contribution in [2.45, 2.75) is 23.6 Å². The van der Waals surface area contributed by atoms with Crippen molar-refractivity contribution in [1.82, 2.24) is 0 Å². The quantitative estimate of drug-likeness (QED) is 0.690. The fraction of sp³-hybridized carbons (Fsp3) is 0.143. The Morgan fingerprint density at radius 3 is 2.11 bits per heavy atom. The van der Waals surface area contributed by atoms with Gasteiger partial charge in [0.1, 0.15) is 0 Å². The molecule has 0 unspecified atom stereocenters. The lowest BCUT2D eigenvalue weighted by atomic mass is 10.5. The first-order chi connectivity index (χ1) is 9.10. The average molecular weight is 341 g/mol. The van der Waals surface area contributed by atoms with Crippen LogP contribution in [0.25, 0.3) is 12.7 Å². The minimum atomic E-state index is 1.17. The Morgan fingerprint density at radius 2 is 1.47 bits per heavy atom. The number of hydrogen-bond acceptors (Lipinski definition) is 5. The Balaban J connectivity index is 2.01. The highest BCUT2D eigenvalue weighted by atomic mass is 32.2. The largest absolute Gasteiger partial charge is 0.135 e. The summed E-state index contributed by atoms with van der Waals surface area (Å²) in [6.45, 7) is 12.4. The molecule has 0 bridgehead atoms. The summed E-state index contributed by atoms with van der Waals surface area (Å²) in [7, 11) is 0. The lowest BCUT2D eigenvalue weighted by molar-refractivity contribution is 1.30. The van der Waals surface area contributed by atoms with Crippen molar-refractivity contribution in [1.29, 1.82) is 0 Å². The van der Waals surface area contributed by atoms with Crippen molar-refractivity contribution >= 4 is 71.0 Å². The summed E-state index contributed by atoms with van der Waals surface area (Å²) in [6.07, 6.45) is 3.94. The molecule has 0 aromatic carbocycles. The summed E-state index contributed by atoms with van der Waals surface area (Å²) < 4.78 is 5.30. The number of thiophene rings is 1. The Morgan fingerprint density at radius 1 is 0.895 bits per heavy atom. The Hall–Kier alpha value is 0.0600. The minimum absolute atomic E-state index is 1.17. The van der Waals surface area contributed by atoms with E-state index in [0.29, 0.717) is 0 Å². The van der Waals surface area contributed by atoms with Gasteiger partial charge in [0.05, 0.1) is 8.47 Å². The van der Waals surface area contributed by atoms with Crippen molar-refractivity contribution in [3.8, 4) is 0 Å². The molecule has 0 saturated heterocycles. The van der Waals surface area contributed by atoms with Crippen LogP contribution in [-0.4, -0.2) is 0 Å². The van der Waals surface area contributed by atoms with Crippen molar-refractivity contribution < 1.29 is 0 Å². The smallest absolute Gasteiger partial charge is 0.0707 e. The summed E-state index contributed by atoms with van der Waals surface area (Å²) >= 11 is 9.34. The fourth-order valence-electron chi connectivity index (χ4n) is 1.70. The number of rotatable bonds is 1. The minimum Gasteiger partial charge on any atom is -0.135 e. The highest BCUT2D eigenvalue weighted by Gasteiger charge is 2.27. The van der Waals surface area contributed by atoms with Crippen LogP contribution in [0.15, 0.2) is 40.7 Å². The highest BCUT2D eigenvalue weighted by molar-refractivity contribution is 8.32. The third-order valence-electron chi connectivity index (χ3n) is 2.73. The molecule has 0 saturated carbocycles. The van der Waals surface area contributed by atoms with Gasteiger partial charge in [-0.3, -0.25) is 0 Å². The molecular formula is C14H12S5. The van der Waals surface area contributed by atoms with Crippen LogP contribution in [0.5, 0.6) is 0 Å². The maximum absolute atomic E-state index is 4.17. The molecule has 0 nitrogen and oxygen atoms in total. The second-order valence-electron chi connectivity index (χ2n) is 4.05. The second kappa shape index (κ2) is 5.45. The van der Waals surface area contributed by atoms with Crippen LogP contribution < -0.4 is 9.06 Å². The van der Waals surface area contributed by atoms with Crippen LogP contribution in [0.3, 0.4) is 0 Å². The molecule has 3 heterocycles. The van der Waals surface area contributed by atoms with Crippen LogP contribution in [0.1, 0.15) is 13.8 Å². The van der Waals surface area contributed by atoms with E-state index in [1.807, 2.05) is 53.1 Å². The van der Waals surface area contributed by atoms with E-state index in [2.05, 4.69) is 33.1 Å². The van der Waals surface area contributed by atoms with Gasteiger partial charge in [-0.1, -0.05) is 66.3 Å². The van der Waals surface area contributed by atoms with E-state index in [9.17, 15) is 0 Å². The first-order valence-corrected chi connectivity index (χ1v) is 9.76. The molecule has 0 aliphatic carbocycles. The summed E-state index contributed by atoms with van der Waals surface area (Å²) in [6, 6.07) is 0. The molecule has 3 rings (SSSR count). The van der Waals surface area contributed by atoms with Gasteiger partial charge in [0.25, 0.3) is 0 Å². The predicted molar refractivity (Wildman–Crippen MR) is 96.0 cm³/mol. The molecule has 2 aliphatic heterocycles. The Kier molecular flexibility index (Phi) is 4.02. The monoisotopic (exact) mass is 340 g/mol. The highest BCUT2D eigenvalue weighted by Crippen LogP contribution is 2.59. The van der Waals surface area contributed by atoms with Gasteiger partial charge in [-0.15, -0.1) is 11.3 Å². The van der Waals surface area contributed by atoms with Gasteiger partial charge in [-0.05, 0) is 29.7 Å². The lowest BCUT2D eigenvalue weighted by Gasteiger charge is -2.00. The number of hydrogen-bond donors (Lipinski definition) is 0. The summed E-state index contributed by atoms with van der Waals surface area (Å²) in [4.78, 5) is 5.56. The SMILES string of the molecule is C=C/C=c1/sc(=C)c2c1SC(=C1SC(C)=C(C)S1)S2. The van der Waals surface area contributed by atoms with Gasteiger partial charge in [-0.25, -0.2) is 0 Å². The maximum atomic E-state index is 4.17. The molecule has 0 amide bonds. The zero-order chi connectivity index (χ0) is 13.6. The molecular weight excluding hydrogens is 328 g/mol. The van der Waals surface area contributed by atoms with E-state index in [1.165, 1.54) is 37.1 Å². The van der Waals surface area contributed by atoms with Gasteiger partial charge in [0.15, 0.2) is 0 Å². The van der Waals surface area contributed by atoms with E-state index < -0.39 is 0 Å². The molecule has 98 valence electrons. The standard InChI is InChI=1S/C14H12S5/c1-5-6-10-12-11(9(4)15-10)18-14(19-12)13-16-7(2)8(3)17-13/h5-6H,1,4H2,2-3H3/b10-6+. The predicted octanol–water partition coefficient (Wildman–Crippen LogP) is 5.18. The first-order valence-electron chi connectivity index (χ1n) is 5.68. The Bertz CT molecular complexity index is 717. The van der Waals surface area contributed by atoms with E-state index in [-0.39, 0.29) is 0 Å². The zero-order valence-electron chi connectivity index (χ0n) is 10.6. The van der Waals surface area contributed by atoms with E-state index in [4.69, 9.17) is 0 Å². The molecule has 5 heteroatoms. The molecule has 1 aromatic heterocycles. The maximum Gasteiger partial charge on any atom is 0.0707 e. The third kappa shape index (κ3) is 2.51. The van der Waals surface area contributed by atoms with Crippen molar-refractivity contribution in [2.24, 2.45) is 0 Å². The van der Waals surface area contributed by atoms with Crippen molar-refractivity contribution in [3.63, 3.8) is 0 Å². The molecule has 1 aromatic rings. The summed E-state index contributed by atoms with van der Waals surface area (Å²) in [5, 5.41) is 0. The fourth-order valence-corrected chi connectivity index (χ4v) is 8.48. The molecule has 19 heavy (non-hydrogen) atoms.